The fourth-order valence-corrected chi connectivity index (χ4v) is 3.79. The van der Waals surface area contributed by atoms with Crippen LogP contribution in [0.2, 0.25) is 5.02 Å². The third-order valence-corrected chi connectivity index (χ3v) is 5.77. The number of hydrogen-bond donors (Lipinski definition) is 2. The molecule has 0 aliphatic heterocycles. The normalized spacial score (nSPS) is 11.3. The average Bonchev–Trinajstić information content (AvgIpc) is 3.07. The minimum Gasteiger partial charge on any atom is -0.326 e. The number of thioether (sulfide) groups is 1. The first-order valence-corrected chi connectivity index (χ1v) is 10.9. The van der Waals surface area contributed by atoms with E-state index >= 15 is 0 Å². The first-order valence-electron chi connectivity index (χ1n) is 9.57. The van der Waals surface area contributed by atoms with Crippen LogP contribution in [0.1, 0.15) is 17.0 Å². The van der Waals surface area contributed by atoms with E-state index in [0.717, 1.165) is 29.5 Å². The molecule has 2 amide bonds. The van der Waals surface area contributed by atoms with E-state index in [1.807, 2.05) is 6.92 Å². The molecule has 0 saturated heterocycles. The lowest BCUT2D eigenvalue weighted by atomic mass is 10.2. The van der Waals surface area contributed by atoms with Crippen LogP contribution in [0, 0.1) is 6.92 Å². The van der Waals surface area contributed by atoms with Crippen molar-refractivity contribution in [2.24, 2.45) is 7.05 Å². The van der Waals surface area contributed by atoms with Crippen molar-refractivity contribution < 1.29 is 22.8 Å². The Morgan fingerprint density at radius 3 is 2.55 bits per heavy atom. The first kappa shape index (κ1) is 24.6. The third kappa shape index (κ3) is 6.72. The number of hydrogen-bond acceptors (Lipinski definition) is 5. The number of aromatic nitrogens is 3. The maximum absolute atomic E-state index is 12.8. The van der Waals surface area contributed by atoms with E-state index in [1.165, 1.54) is 12.1 Å². The Hall–Kier alpha value is -3.05. The van der Waals surface area contributed by atoms with Gasteiger partial charge in [-0.25, -0.2) is 0 Å². The summed E-state index contributed by atoms with van der Waals surface area (Å²) in [4.78, 5) is 24.5. The quantitative estimate of drug-likeness (QED) is 0.462. The Labute approximate surface area is 196 Å². The van der Waals surface area contributed by atoms with Gasteiger partial charge in [0.1, 0.15) is 5.82 Å². The maximum Gasteiger partial charge on any atom is 0.416 e. The van der Waals surface area contributed by atoms with E-state index in [1.54, 1.807) is 29.8 Å². The van der Waals surface area contributed by atoms with Gasteiger partial charge in [0.05, 0.1) is 17.7 Å². The van der Waals surface area contributed by atoms with E-state index < -0.39 is 17.6 Å². The molecular weight excluding hydrogens is 479 g/mol. The summed E-state index contributed by atoms with van der Waals surface area (Å²) in [6.45, 7) is 1.83. The zero-order valence-electron chi connectivity index (χ0n) is 17.5. The monoisotopic (exact) mass is 497 g/mol. The summed E-state index contributed by atoms with van der Waals surface area (Å²) in [6.07, 6.45) is -4.70. The highest BCUT2D eigenvalue weighted by Crippen LogP contribution is 2.30. The van der Waals surface area contributed by atoms with Crippen LogP contribution >= 0.6 is 23.4 Å². The SMILES string of the molecule is Cc1cc(Cl)ccc1NC(=O)CSc1nnc(CC(=O)Nc2cccc(C(F)(F)F)c2)n1C. The van der Waals surface area contributed by atoms with Crippen LogP contribution < -0.4 is 10.6 Å². The van der Waals surface area contributed by atoms with Gasteiger partial charge >= 0.3 is 6.18 Å². The van der Waals surface area contributed by atoms with Crippen LogP contribution in [0.25, 0.3) is 0 Å². The molecule has 0 spiro atoms. The smallest absolute Gasteiger partial charge is 0.326 e. The van der Waals surface area contributed by atoms with Gasteiger partial charge in [-0.15, -0.1) is 10.2 Å². The Bertz CT molecular complexity index is 1180. The molecule has 1 aromatic heterocycles. The molecule has 0 fully saturated rings. The molecule has 1 heterocycles. The number of benzene rings is 2. The van der Waals surface area contributed by atoms with Crippen LogP contribution in [0.15, 0.2) is 47.6 Å². The van der Waals surface area contributed by atoms with Crippen molar-refractivity contribution >= 4 is 46.6 Å². The summed E-state index contributed by atoms with van der Waals surface area (Å²) in [6, 6.07) is 9.49. The summed E-state index contributed by atoms with van der Waals surface area (Å²) in [5.41, 5.74) is 0.647. The van der Waals surface area contributed by atoms with Crippen molar-refractivity contribution in [2.45, 2.75) is 24.7 Å². The molecule has 2 aromatic carbocycles. The second-order valence-corrected chi connectivity index (χ2v) is 8.44. The number of carbonyl (C=O) groups is 2. The number of amides is 2. The third-order valence-electron chi connectivity index (χ3n) is 4.51. The number of aryl methyl sites for hydroxylation is 1. The van der Waals surface area contributed by atoms with Gasteiger partial charge in [-0.2, -0.15) is 13.2 Å². The van der Waals surface area contributed by atoms with Gasteiger partial charge in [0.15, 0.2) is 5.16 Å². The van der Waals surface area contributed by atoms with Gasteiger partial charge in [-0.3, -0.25) is 9.59 Å². The number of anilines is 2. The minimum absolute atomic E-state index is 0.0285. The maximum atomic E-state index is 12.8. The molecule has 2 N–H and O–H groups in total. The number of nitrogens with zero attached hydrogens (tertiary/aromatic N) is 3. The molecule has 174 valence electrons. The van der Waals surface area contributed by atoms with Crippen LogP contribution in [0.4, 0.5) is 24.5 Å². The fourth-order valence-electron chi connectivity index (χ4n) is 2.83. The Balaban J connectivity index is 1.56. The highest BCUT2D eigenvalue weighted by Gasteiger charge is 2.30. The van der Waals surface area contributed by atoms with E-state index in [0.29, 0.717) is 21.7 Å². The van der Waals surface area contributed by atoms with Gasteiger partial charge in [0.2, 0.25) is 11.8 Å². The molecule has 0 saturated carbocycles. The van der Waals surface area contributed by atoms with Crippen molar-refractivity contribution in [1.82, 2.24) is 14.8 Å². The average molecular weight is 498 g/mol. The molecule has 0 aliphatic carbocycles. The van der Waals surface area contributed by atoms with Crippen LogP contribution in [-0.4, -0.2) is 32.3 Å². The highest BCUT2D eigenvalue weighted by molar-refractivity contribution is 7.99. The zero-order valence-corrected chi connectivity index (χ0v) is 19.1. The molecule has 0 aliphatic rings. The van der Waals surface area contributed by atoms with Crippen molar-refractivity contribution in [3.8, 4) is 0 Å². The second kappa shape index (κ2) is 10.3. The Morgan fingerprint density at radius 2 is 1.85 bits per heavy atom. The van der Waals surface area contributed by atoms with E-state index in [-0.39, 0.29) is 23.8 Å². The molecule has 3 aromatic rings. The Morgan fingerprint density at radius 1 is 1.09 bits per heavy atom. The number of halogens is 4. The molecule has 33 heavy (non-hydrogen) atoms. The minimum atomic E-state index is -4.50. The van der Waals surface area contributed by atoms with E-state index in [4.69, 9.17) is 11.6 Å². The molecular formula is C21H19ClF3N5O2S. The van der Waals surface area contributed by atoms with E-state index in [2.05, 4.69) is 20.8 Å². The number of rotatable bonds is 7. The largest absolute Gasteiger partial charge is 0.416 e. The van der Waals surface area contributed by atoms with Crippen LogP contribution in [0.5, 0.6) is 0 Å². The predicted octanol–water partition coefficient (Wildman–Crippen LogP) is 4.71. The summed E-state index contributed by atoms with van der Waals surface area (Å²) >= 11 is 7.05. The number of nitrogens with one attached hydrogen (secondary N) is 2. The summed E-state index contributed by atoms with van der Waals surface area (Å²) in [5.74, 6) is -0.435. The van der Waals surface area contributed by atoms with Gasteiger partial charge in [0, 0.05) is 23.4 Å². The molecule has 0 unspecified atom stereocenters. The lowest BCUT2D eigenvalue weighted by molar-refractivity contribution is -0.137. The van der Waals surface area contributed by atoms with Crippen molar-refractivity contribution in [1.29, 1.82) is 0 Å². The van der Waals surface area contributed by atoms with Gasteiger partial charge in [0.25, 0.3) is 0 Å². The fraction of sp³-hybridized carbons (Fsp3) is 0.238. The number of alkyl halides is 3. The summed E-state index contributed by atoms with van der Waals surface area (Å²) < 4.78 is 40.0. The lowest BCUT2D eigenvalue weighted by Crippen LogP contribution is -2.18. The van der Waals surface area contributed by atoms with Gasteiger partial charge < -0.3 is 15.2 Å². The molecule has 3 rings (SSSR count). The Kier molecular flexibility index (Phi) is 7.65. The highest BCUT2D eigenvalue weighted by atomic mass is 35.5. The van der Waals surface area contributed by atoms with Crippen molar-refractivity contribution in [3.05, 3.63) is 64.4 Å². The predicted molar refractivity (Wildman–Crippen MR) is 120 cm³/mol. The second-order valence-electron chi connectivity index (χ2n) is 7.06. The van der Waals surface area contributed by atoms with Crippen LogP contribution in [0.3, 0.4) is 0 Å². The standard InChI is InChI=1S/C21H19ClF3N5O2S/c1-12-8-14(22)6-7-16(12)27-19(32)11-33-20-29-28-17(30(20)2)10-18(31)26-15-5-3-4-13(9-15)21(23,24)25/h3-9H,10-11H2,1-2H3,(H,26,31)(H,27,32). The molecule has 0 radical (unpaired) electrons. The molecule has 0 atom stereocenters. The van der Waals surface area contributed by atoms with Gasteiger partial charge in [-0.05, 0) is 48.9 Å². The lowest BCUT2D eigenvalue weighted by Gasteiger charge is -2.10. The van der Waals surface area contributed by atoms with Crippen LogP contribution in [-0.2, 0) is 29.2 Å². The topological polar surface area (TPSA) is 88.9 Å². The molecule has 0 bridgehead atoms. The zero-order chi connectivity index (χ0) is 24.2. The molecule has 7 nitrogen and oxygen atoms in total. The van der Waals surface area contributed by atoms with Crippen molar-refractivity contribution in [3.63, 3.8) is 0 Å². The summed E-state index contributed by atoms with van der Waals surface area (Å²) in [7, 11) is 1.64. The molecule has 12 heteroatoms. The van der Waals surface area contributed by atoms with Gasteiger partial charge in [-0.1, -0.05) is 29.4 Å². The van der Waals surface area contributed by atoms with E-state index in [9.17, 15) is 22.8 Å². The number of carbonyl (C=O) groups excluding carboxylic acids is 2. The first-order chi connectivity index (χ1) is 15.5. The summed E-state index contributed by atoms with van der Waals surface area (Å²) in [5, 5.41) is 14.1. The van der Waals surface area contributed by atoms with Crippen molar-refractivity contribution in [2.75, 3.05) is 16.4 Å².